The van der Waals surface area contributed by atoms with E-state index in [1.165, 1.54) is 6.20 Å². The topological polar surface area (TPSA) is 371 Å². The number of ether oxygens (including phenoxy) is 7. The molecule has 10 aliphatic rings. The van der Waals surface area contributed by atoms with Gasteiger partial charge in [0.1, 0.15) is 48.8 Å². The highest BCUT2D eigenvalue weighted by atomic mass is 127. The van der Waals surface area contributed by atoms with Gasteiger partial charge in [-0.2, -0.15) is 0 Å². The van der Waals surface area contributed by atoms with Crippen LogP contribution in [-0.4, -0.2) is 312 Å². The summed E-state index contributed by atoms with van der Waals surface area (Å²) in [5, 5.41) is 77.4. The zero-order valence-corrected chi connectivity index (χ0v) is 71.6. The minimum Gasteiger partial charge on any atom is -0.390 e. The molecule has 20 atom stereocenters. The van der Waals surface area contributed by atoms with Gasteiger partial charge in [0.05, 0.1) is 64.2 Å². The van der Waals surface area contributed by atoms with Gasteiger partial charge in [-0.15, -0.1) is 77.5 Å². The van der Waals surface area contributed by atoms with Gasteiger partial charge in [0.2, 0.25) is 0 Å². The molecule has 10 rings (SSSR count). The summed E-state index contributed by atoms with van der Waals surface area (Å²) in [5.74, 6) is -0.0407. The monoisotopic (exact) mass is 1720 g/mol. The number of hydrogen-bond donors (Lipinski definition) is 15. The highest BCUT2D eigenvalue weighted by molar-refractivity contribution is 14.1. The third-order valence-electron chi connectivity index (χ3n) is 19.1. The van der Waals surface area contributed by atoms with E-state index >= 15 is 0 Å². The van der Waals surface area contributed by atoms with Gasteiger partial charge in [-0.3, -0.25) is 0 Å². The maximum Gasteiger partial charge on any atom is 0.323 e. The normalized spacial score (nSPS) is 33.0. The number of rotatable bonds is 22. The number of urea groups is 5. The quantitative estimate of drug-likeness (QED) is 0.0304. The Morgan fingerprint density at radius 3 is 0.888 bits per heavy atom. The van der Waals surface area contributed by atoms with E-state index in [2.05, 4.69) is 207 Å². The van der Waals surface area contributed by atoms with Crippen LogP contribution < -0.4 is 53.2 Å². The Labute approximate surface area is 651 Å². The van der Waals surface area contributed by atoms with Gasteiger partial charge in [0.15, 0.2) is 0 Å². The van der Waals surface area contributed by atoms with Crippen LogP contribution in [0.15, 0.2) is 120 Å². The number of carbonyl (C=O) groups excluding carboxylic acids is 5. The third-order valence-corrected chi connectivity index (χ3v) is 28.3. The van der Waals surface area contributed by atoms with E-state index < -0.39 is 101 Å². The summed E-state index contributed by atoms with van der Waals surface area (Å²) < 4.78 is 40.8. The first-order valence-corrected chi connectivity index (χ1v) is 52.2. The molecule has 0 saturated carbocycles. The lowest BCUT2D eigenvalue weighted by atomic mass is 9.92. The molecule has 15 N–H and O–H groups in total. The summed E-state index contributed by atoms with van der Waals surface area (Å²) in [4.78, 5) is 56.2. The summed E-state index contributed by atoms with van der Waals surface area (Å²) in [5.41, 5.74) is 6.09. The minimum absolute atomic E-state index is 0.0407. The van der Waals surface area contributed by atoms with Gasteiger partial charge in [-0.1, -0.05) is 62.4 Å². The molecule has 0 radical (unpaired) electrons. The molecule has 0 bridgehead atoms. The molecule has 602 valence electrons. The van der Waals surface area contributed by atoms with Crippen molar-refractivity contribution in [3.05, 3.63) is 120 Å². The van der Waals surface area contributed by atoms with Crippen LogP contribution in [0.25, 0.3) is 0 Å². The Hall–Kier alpha value is -4.21. The molecule has 0 spiro atoms. The summed E-state index contributed by atoms with van der Waals surface area (Å²) in [6.45, 7) is 37.0. The predicted octanol–water partition coefficient (Wildman–Crippen LogP) is 6.70. The SMILES string of the molecule is C=C1NC(=O)NC=C1[C@@H]1O[C@H](CCP(=C)(C)C)[C@@H](O)[C@H]1C.C=C1NC(=O)NC=C1[C@@H]1O[C@H](CCP(=C)(C)C)[C@@H](O)[C@H]1Cl.C=C1NC(=O)NC=C1[C@@H]1O[C@H](CCP(=C)(C)C)[C@@H](O)[C@H]1I.C=C1NC(=O)NC=C1[C@@H]1O[C@H](CCP(=C)(C)C)[C@@H](O)[C@H]1OC.C=C1NC(=O)NC=C1[C@@H]1O[C@H](CCP(=C)(C)C)[C@@H](O)[C@H]1OC. The average Bonchev–Trinajstić information content (AvgIpc) is 1.66. The van der Waals surface area contributed by atoms with Crippen molar-refractivity contribution in [1.82, 2.24) is 53.2 Å². The number of carbonyl (C=O) groups is 5. The highest BCUT2D eigenvalue weighted by Crippen LogP contribution is 2.46. The Balaban J connectivity index is 0.000000209. The fourth-order valence-corrected chi connectivity index (χ4v) is 19.1. The van der Waals surface area contributed by atoms with Crippen molar-refractivity contribution in [3.8, 4) is 0 Å². The van der Waals surface area contributed by atoms with Gasteiger partial charge in [-0.25, -0.2) is 24.0 Å². The maximum absolute atomic E-state index is 11.3. The number of nitrogens with one attached hydrogen (secondary N) is 10. The molecule has 5 saturated heterocycles. The number of amides is 10. The van der Waals surface area contributed by atoms with Crippen molar-refractivity contribution in [1.29, 1.82) is 0 Å². The number of hydrogen-bond acceptors (Lipinski definition) is 17. The van der Waals surface area contributed by atoms with E-state index in [-0.39, 0.29) is 82.7 Å². The van der Waals surface area contributed by atoms with Crippen molar-refractivity contribution in [3.63, 3.8) is 0 Å². The number of aliphatic hydroxyl groups is 5. The van der Waals surface area contributed by atoms with Crippen LogP contribution in [0.1, 0.15) is 39.0 Å². The number of halogens is 2. The van der Waals surface area contributed by atoms with Crippen LogP contribution in [0, 0.1) is 5.92 Å². The van der Waals surface area contributed by atoms with E-state index in [9.17, 15) is 49.5 Å². The molecular formula is C73H119ClIN10O17P5. The number of alkyl halides is 2. The van der Waals surface area contributed by atoms with Crippen LogP contribution in [0.5, 0.6) is 0 Å². The molecule has 0 aliphatic carbocycles. The van der Waals surface area contributed by atoms with E-state index in [1.807, 2.05) is 6.92 Å². The summed E-state index contributed by atoms with van der Waals surface area (Å²) in [6, 6.07) is -1.60. The summed E-state index contributed by atoms with van der Waals surface area (Å²) in [7, 11) is 3.09. The Bertz CT molecular complexity index is 3440. The first kappa shape index (κ1) is 91.7. The standard InChI is InChI=1S/2C15H25N2O4P.C15H25N2O3P.C14H22ClN2O3P.C14H22IN2O3P/c2*1-9-10(8-16-15(19)17-9)13-14(20-2)12(18)11(21-13)6-7-22(3,4)5;1-9-13(18)12(6-7-21(3,4)5)20-14(9)11-8-16-15(19)17-10(11)2;2*1-8-9(7-16-14(19)17-8)13-11(15)12(18)10(20-13)5-6-21(2,3)4/h2*8,11-14,18H,1,3,6-7H2,2,4-5H3,(H2,16,17,19);8-9,12-14,18H,2-3,6-7H2,1,4-5H3,(H2,16,17,19);2*7,10-13,18H,1-2,5-6H2,3-4H3,(H2,16,17,19)/t2*11-,12-,13+,14-;9-,12-,13+,14-;2*10-,11-,12-,13+/m11111/s1. The fraction of sp³-hybridized carbons (Fsp3) is 0.589. The van der Waals surface area contributed by atoms with Crippen molar-refractivity contribution < 1.29 is 82.7 Å². The fourth-order valence-electron chi connectivity index (χ4n) is 12.9. The molecular weight excluding hydrogens is 1610 g/mol. The van der Waals surface area contributed by atoms with Gasteiger partial charge in [0, 0.05) is 107 Å². The Morgan fingerprint density at radius 2 is 0.607 bits per heavy atom. The smallest absolute Gasteiger partial charge is 0.323 e. The molecule has 0 aromatic rings. The highest BCUT2D eigenvalue weighted by Gasteiger charge is 2.50. The van der Waals surface area contributed by atoms with Crippen molar-refractivity contribution in [2.24, 2.45) is 5.92 Å². The van der Waals surface area contributed by atoms with Gasteiger partial charge < -0.3 is 112 Å². The third kappa shape index (κ3) is 26.7. The second-order valence-electron chi connectivity index (χ2n) is 31.7. The summed E-state index contributed by atoms with van der Waals surface area (Å²) >= 11 is 8.51. The lowest BCUT2D eigenvalue weighted by Gasteiger charge is -2.25. The second kappa shape index (κ2) is 39.0. The van der Waals surface area contributed by atoms with E-state index in [0.29, 0.717) is 45.2 Å². The summed E-state index contributed by atoms with van der Waals surface area (Å²) in [6.07, 6.45) is 30.0. The van der Waals surface area contributed by atoms with Gasteiger partial charge in [0.25, 0.3) is 0 Å². The maximum atomic E-state index is 11.3. The Morgan fingerprint density at radius 1 is 0.383 bits per heavy atom. The molecule has 0 unspecified atom stereocenters. The lowest BCUT2D eigenvalue weighted by molar-refractivity contribution is 0.000132. The molecule has 34 heteroatoms. The van der Waals surface area contributed by atoms with Gasteiger partial charge >= 0.3 is 30.2 Å². The zero-order valence-electron chi connectivity index (χ0n) is 64.2. The van der Waals surface area contributed by atoms with Crippen LogP contribution in [0.3, 0.4) is 0 Å². The second-order valence-corrected chi connectivity index (χ2v) is 55.2. The van der Waals surface area contributed by atoms with Crippen molar-refractivity contribution in [2.75, 3.05) is 112 Å². The predicted molar refractivity (Wildman–Crippen MR) is 453 cm³/mol. The van der Waals surface area contributed by atoms with Crippen LogP contribution >= 0.6 is 68.6 Å². The molecule has 5 fully saturated rings. The molecule has 10 aliphatic heterocycles. The van der Waals surface area contributed by atoms with Crippen molar-refractivity contribution >= 4 is 130 Å². The van der Waals surface area contributed by atoms with Crippen LogP contribution in [-0.2, 0) is 33.2 Å². The molecule has 10 heterocycles. The van der Waals surface area contributed by atoms with Crippen LogP contribution in [0.2, 0.25) is 0 Å². The molecule has 27 nitrogen and oxygen atoms in total. The molecule has 0 aromatic heterocycles. The lowest BCUT2D eigenvalue weighted by Crippen LogP contribution is -2.42. The van der Waals surface area contributed by atoms with E-state index in [4.69, 9.17) is 44.8 Å². The molecule has 107 heavy (non-hydrogen) atoms. The molecule has 10 amide bonds. The first-order valence-electron chi connectivity index (χ1n) is 35.2. The van der Waals surface area contributed by atoms with Crippen LogP contribution in [0.4, 0.5) is 24.0 Å². The first-order chi connectivity index (χ1) is 49.5. The van der Waals surface area contributed by atoms with E-state index in [1.54, 1.807) is 39.0 Å². The van der Waals surface area contributed by atoms with E-state index in [0.717, 1.165) is 74.1 Å². The molecule has 0 aromatic carbocycles. The average molecular weight is 1730 g/mol. The van der Waals surface area contributed by atoms with Gasteiger partial charge in [-0.05, 0) is 130 Å². The minimum atomic E-state index is -1.18. The van der Waals surface area contributed by atoms with Crippen molar-refractivity contribution in [2.45, 2.75) is 152 Å². The Kier molecular flexibility index (Phi) is 33.4. The number of methoxy groups -OCH3 is 2. The zero-order chi connectivity index (χ0) is 80.3. The largest absolute Gasteiger partial charge is 0.390 e. The number of aliphatic hydroxyl groups excluding tert-OH is 5.